The summed E-state index contributed by atoms with van der Waals surface area (Å²) in [5.41, 5.74) is 2.75. The lowest BCUT2D eigenvalue weighted by Gasteiger charge is -2.19. The first-order valence-electron chi connectivity index (χ1n) is 8.63. The van der Waals surface area contributed by atoms with E-state index in [0.717, 1.165) is 11.1 Å². The van der Waals surface area contributed by atoms with Crippen LogP contribution in [-0.4, -0.2) is 20.9 Å². The summed E-state index contributed by atoms with van der Waals surface area (Å²) in [6, 6.07) is 21.4. The first kappa shape index (κ1) is 17.2. The molecule has 2 aromatic heterocycles. The molecule has 1 amide bonds. The monoisotopic (exact) mass is 374 g/mol. The molecule has 0 spiro atoms. The van der Waals surface area contributed by atoms with E-state index in [-0.39, 0.29) is 11.9 Å². The Kier molecular flexibility index (Phi) is 5.07. The average molecular weight is 374 g/mol. The summed E-state index contributed by atoms with van der Waals surface area (Å²) >= 11 is 1.68. The molecule has 0 aliphatic carbocycles. The topological polar surface area (TPSA) is 59.8 Å². The lowest BCUT2D eigenvalue weighted by atomic mass is 10.1. The fourth-order valence-corrected chi connectivity index (χ4v) is 3.62. The number of amides is 1. The molecule has 4 aromatic rings. The summed E-state index contributed by atoms with van der Waals surface area (Å²) in [6.45, 7) is 0.468. The van der Waals surface area contributed by atoms with Crippen molar-refractivity contribution in [2.75, 3.05) is 0 Å². The standard InChI is InChI=1S/C21H18N4OS/c26-21(18-10-8-17(9-11-18)20-7-4-14-27-20)24-19(15-25-22-12-13-23-25)16-5-2-1-3-6-16/h1-14,19H,15H2,(H,24,26). The highest BCUT2D eigenvalue weighted by Gasteiger charge is 2.17. The fraction of sp³-hybridized carbons (Fsp3) is 0.0952. The third-order valence-electron chi connectivity index (χ3n) is 4.27. The lowest BCUT2D eigenvalue weighted by Crippen LogP contribution is -2.32. The highest BCUT2D eigenvalue weighted by Crippen LogP contribution is 2.25. The molecule has 0 radical (unpaired) electrons. The number of thiophene rings is 1. The van der Waals surface area contributed by atoms with Gasteiger partial charge in [-0.25, -0.2) is 0 Å². The third-order valence-corrected chi connectivity index (χ3v) is 5.19. The van der Waals surface area contributed by atoms with Gasteiger partial charge in [-0.05, 0) is 34.7 Å². The Morgan fingerprint density at radius 3 is 2.37 bits per heavy atom. The molecule has 0 aliphatic heterocycles. The number of carbonyl (C=O) groups is 1. The van der Waals surface area contributed by atoms with Crippen molar-refractivity contribution in [1.29, 1.82) is 0 Å². The summed E-state index contributed by atoms with van der Waals surface area (Å²) in [7, 11) is 0. The zero-order valence-corrected chi connectivity index (χ0v) is 15.3. The molecule has 2 aromatic carbocycles. The Labute approximate surface area is 161 Å². The summed E-state index contributed by atoms with van der Waals surface area (Å²) in [5, 5.41) is 13.5. The van der Waals surface area contributed by atoms with Crippen LogP contribution in [0.4, 0.5) is 0 Å². The van der Waals surface area contributed by atoms with Crippen LogP contribution in [0.25, 0.3) is 10.4 Å². The number of benzene rings is 2. The van der Waals surface area contributed by atoms with Crippen molar-refractivity contribution in [3.05, 3.63) is 95.6 Å². The average Bonchev–Trinajstić information content (AvgIpc) is 3.42. The highest BCUT2D eigenvalue weighted by molar-refractivity contribution is 7.13. The molecule has 5 nitrogen and oxygen atoms in total. The molecule has 134 valence electrons. The van der Waals surface area contributed by atoms with Crippen molar-refractivity contribution < 1.29 is 4.79 Å². The van der Waals surface area contributed by atoms with Gasteiger partial charge in [0.05, 0.1) is 25.0 Å². The van der Waals surface area contributed by atoms with E-state index in [4.69, 9.17) is 0 Å². The SMILES string of the molecule is O=C(NC(Cn1nccn1)c1ccccc1)c1ccc(-c2cccs2)cc1. The normalized spacial score (nSPS) is 11.9. The number of nitrogens with zero attached hydrogens (tertiary/aromatic N) is 3. The van der Waals surface area contributed by atoms with Crippen LogP contribution in [0.5, 0.6) is 0 Å². The molecule has 1 unspecified atom stereocenters. The Morgan fingerprint density at radius 2 is 1.70 bits per heavy atom. The predicted octanol–water partition coefficient (Wildman–Crippen LogP) is 4.18. The number of nitrogens with one attached hydrogen (secondary N) is 1. The smallest absolute Gasteiger partial charge is 0.251 e. The van der Waals surface area contributed by atoms with E-state index in [9.17, 15) is 4.79 Å². The van der Waals surface area contributed by atoms with Gasteiger partial charge in [-0.3, -0.25) is 4.79 Å². The number of hydrogen-bond acceptors (Lipinski definition) is 4. The molecule has 0 bridgehead atoms. The van der Waals surface area contributed by atoms with Crippen LogP contribution < -0.4 is 5.32 Å². The Bertz CT molecular complexity index is 981. The second-order valence-electron chi connectivity index (χ2n) is 6.08. The molecule has 0 fully saturated rings. The minimum absolute atomic E-state index is 0.117. The molecule has 1 N–H and O–H groups in total. The van der Waals surface area contributed by atoms with Gasteiger partial charge in [0.25, 0.3) is 5.91 Å². The zero-order valence-electron chi connectivity index (χ0n) is 14.5. The van der Waals surface area contributed by atoms with E-state index in [0.29, 0.717) is 12.1 Å². The van der Waals surface area contributed by atoms with E-state index in [1.165, 1.54) is 4.88 Å². The lowest BCUT2D eigenvalue weighted by molar-refractivity contribution is 0.0931. The minimum Gasteiger partial charge on any atom is -0.343 e. The van der Waals surface area contributed by atoms with Gasteiger partial charge in [0.2, 0.25) is 0 Å². The van der Waals surface area contributed by atoms with Crippen LogP contribution in [-0.2, 0) is 6.54 Å². The van der Waals surface area contributed by atoms with Gasteiger partial charge < -0.3 is 5.32 Å². The van der Waals surface area contributed by atoms with E-state index < -0.39 is 0 Å². The molecular weight excluding hydrogens is 356 g/mol. The predicted molar refractivity (Wildman–Crippen MR) is 106 cm³/mol. The number of carbonyl (C=O) groups excluding carboxylic acids is 1. The van der Waals surface area contributed by atoms with E-state index in [1.807, 2.05) is 66.0 Å². The molecule has 6 heteroatoms. The van der Waals surface area contributed by atoms with Crippen LogP contribution in [0.3, 0.4) is 0 Å². The van der Waals surface area contributed by atoms with Gasteiger partial charge in [0, 0.05) is 10.4 Å². The molecule has 0 saturated carbocycles. The summed E-state index contributed by atoms with van der Waals surface area (Å²) in [5.74, 6) is -0.117. The van der Waals surface area contributed by atoms with Crippen LogP contribution >= 0.6 is 11.3 Å². The molecule has 0 saturated heterocycles. The quantitative estimate of drug-likeness (QED) is 0.551. The molecule has 4 rings (SSSR count). The van der Waals surface area contributed by atoms with Gasteiger partial charge in [-0.2, -0.15) is 15.0 Å². The number of aromatic nitrogens is 3. The highest BCUT2D eigenvalue weighted by atomic mass is 32.1. The van der Waals surface area contributed by atoms with Crippen molar-refractivity contribution >= 4 is 17.2 Å². The van der Waals surface area contributed by atoms with Crippen LogP contribution in [0.15, 0.2) is 84.5 Å². The summed E-state index contributed by atoms with van der Waals surface area (Å²) < 4.78 is 0. The van der Waals surface area contributed by atoms with Gasteiger partial charge in [0.15, 0.2) is 0 Å². The molecule has 0 aliphatic rings. The maximum atomic E-state index is 12.8. The van der Waals surface area contributed by atoms with Crippen molar-refractivity contribution in [2.45, 2.75) is 12.6 Å². The fourth-order valence-electron chi connectivity index (χ4n) is 2.89. The largest absolute Gasteiger partial charge is 0.343 e. The Morgan fingerprint density at radius 1 is 0.963 bits per heavy atom. The van der Waals surface area contributed by atoms with E-state index in [2.05, 4.69) is 21.6 Å². The van der Waals surface area contributed by atoms with Crippen molar-refractivity contribution in [3.63, 3.8) is 0 Å². The Hall–Kier alpha value is -3.25. The van der Waals surface area contributed by atoms with Gasteiger partial charge in [-0.15, -0.1) is 11.3 Å². The number of hydrogen-bond donors (Lipinski definition) is 1. The van der Waals surface area contributed by atoms with Crippen LogP contribution in [0.1, 0.15) is 22.0 Å². The molecule has 27 heavy (non-hydrogen) atoms. The van der Waals surface area contributed by atoms with Crippen molar-refractivity contribution in [2.24, 2.45) is 0 Å². The van der Waals surface area contributed by atoms with Crippen LogP contribution in [0.2, 0.25) is 0 Å². The minimum atomic E-state index is -0.219. The van der Waals surface area contributed by atoms with Crippen molar-refractivity contribution in [3.8, 4) is 10.4 Å². The second-order valence-corrected chi connectivity index (χ2v) is 7.02. The van der Waals surface area contributed by atoms with Gasteiger partial charge in [0.1, 0.15) is 0 Å². The molecule has 2 heterocycles. The van der Waals surface area contributed by atoms with Gasteiger partial charge >= 0.3 is 0 Å². The van der Waals surface area contributed by atoms with E-state index >= 15 is 0 Å². The first-order valence-corrected chi connectivity index (χ1v) is 9.51. The Balaban J connectivity index is 1.52. The van der Waals surface area contributed by atoms with Crippen LogP contribution in [0, 0.1) is 0 Å². The third kappa shape index (κ3) is 4.12. The summed E-state index contributed by atoms with van der Waals surface area (Å²) in [6.07, 6.45) is 3.26. The van der Waals surface area contributed by atoms with Crippen molar-refractivity contribution in [1.82, 2.24) is 20.3 Å². The maximum Gasteiger partial charge on any atom is 0.251 e. The molecular formula is C21H18N4OS. The second kappa shape index (κ2) is 7.97. The molecule has 1 atom stereocenters. The summed E-state index contributed by atoms with van der Waals surface area (Å²) in [4.78, 5) is 15.6. The van der Waals surface area contributed by atoms with Gasteiger partial charge in [-0.1, -0.05) is 48.5 Å². The van der Waals surface area contributed by atoms with E-state index in [1.54, 1.807) is 28.5 Å². The first-order chi connectivity index (χ1) is 13.3. The zero-order chi connectivity index (χ0) is 18.5. The maximum absolute atomic E-state index is 12.8. The number of rotatable bonds is 6.